The summed E-state index contributed by atoms with van der Waals surface area (Å²) in [6.07, 6.45) is 10.2. The number of aryl methyl sites for hydroxylation is 1. The monoisotopic (exact) mass is 269 g/mol. The van der Waals surface area contributed by atoms with Gasteiger partial charge in [-0.05, 0) is 68.8 Å². The Hall–Kier alpha value is -1.23. The molecule has 4 saturated carbocycles. The molecule has 0 aliphatic heterocycles. The van der Waals surface area contributed by atoms with Crippen LogP contribution in [0.2, 0.25) is 0 Å². The number of rotatable bonds is 3. The Bertz CT molecular complexity index is 527. The number of hydrogen-bond acceptors (Lipinski definition) is 2. The summed E-state index contributed by atoms with van der Waals surface area (Å²) < 4.78 is 6.21. The van der Waals surface area contributed by atoms with Gasteiger partial charge in [-0.15, -0.1) is 0 Å². The van der Waals surface area contributed by atoms with E-state index in [-0.39, 0.29) is 5.41 Å². The molecule has 0 unspecified atom stereocenters. The number of hydrogen-bond donors (Lipinski definition) is 0. The third kappa shape index (κ3) is 1.75. The minimum Gasteiger partial charge on any atom is -0.464 e. The van der Waals surface area contributed by atoms with Crippen molar-refractivity contribution in [3.05, 3.63) is 23.2 Å². The molecule has 1 aromatic heterocycles. The molecule has 4 aliphatic carbocycles. The fourth-order valence-electron chi connectivity index (χ4n) is 5.61. The van der Waals surface area contributed by atoms with Gasteiger partial charge in [0.25, 0.3) is 0 Å². The summed E-state index contributed by atoms with van der Waals surface area (Å²) in [5, 5.41) is 9.33. The van der Waals surface area contributed by atoms with E-state index in [1.165, 1.54) is 38.5 Å². The van der Waals surface area contributed by atoms with Crippen LogP contribution < -0.4 is 0 Å². The van der Waals surface area contributed by atoms with E-state index >= 15 is 0 Å². The van der Waals surface area contributed by atoms with Crippen LogP contribution in [-0.2, 0) is 11.8 Å². The molecule has 4 aliphatic rings. The first-order valence-corrected chi connectivity index (χ1v) is 8.25. The minimum absolute atomic E-state index is 0.284. The molecule has 0 aromatic carbocycles. The molecule has 1 aromatic rings. The Morgan fingerprint density at radius 2 is 1.80 bits per heavy atom. The van der Waals surface area contributed by atoms with Crippen LogP contribution in [0.4, 0.5) is 0 Å². The maximum atomic E-state index is 9.33. The van der Waals surface area contributed by atoms with Gasteiger partial charge in [0.05, 0.1) is 5.56 Å². The summed E-state index contributed by atoms with van der Waals surface area (Å²) >= 11 is 0. The van der Waals surface area contributed by atoms with Crippen LogP contribution >= 0.6 is 0 Å². The zero-order valence-electron chi connectivity index (χ0n) is 12.3. The van der Waals surface area contributed by atoms with Gasteiger partial charge < -0.3 is 4.42 Å². The lowest BCUT2D eigenvalue weighted by atomic mass is 9.49. The van der Waals surface area contributed by atoms with E-state index in [1.54, 1.807) is 0 Å². The molecule has 20 heavy (non-hydrogen) atoms. The molecule has 2 heteroatoms. The topological polar surface area (TPSA) is 36.9 Å². The molecule has 1 heterocycles. The van der Waals surface area contributed by atoms with E-state index in [1.807, 2.05) is 0 Å². The first-order chi connectivity index (χ1) is 9.72. The molecule has 5 rings (SSSR count). The van der Waals surface area contributed by atoms with Crippen molar-refractivity contribution in [3.63, 3.8) is 0 Å². The van der Waals surface area contributed by atoms with Crippen molar-refractivity contribution in [1.82, 2.24) is 0 Å². The van der Waals surface area contributed by atoms with Gasteiger partial charge in [-0.25, -0.2) is 0 Å². The van der Waals surface area contributed by atoms with Crippen molar-refractivity contribution in [2.75, 3.05) is 0 Å². The lowest BCUT2D eigenvalue weighted by Gasteiger charge is -2.55. The highest BCUT2D eigenvalue weighted by molar-refractivity contribution is 5.37. The van der Waals surface area contributed by atoms with Crippen molar-refractivity contribution >= 4 is 0 Å². The fourth-order valence-corrected chi connectivity index (χ4v) is 5.61. The molecule has 0 atom stereocenters. The smallest absolute Gasteiger partial charge is 0.121 e. The second-order valence-electron chi connectivity index (χ2n) is 7.51. The molecule has 0 radical (unpaired) electrons. The molecule has 106 valence electrons. The summed E-state index contributed by atoms with van der Waals surface area (Å²) in [5.74, 6) is 4.85. The van der Waals surface area contributed by atoms with Crippen molar-refractivity contribution in [1.29, 1.82) is 5.26 Å². The van der Waals surface area contributed by atoms with E-state index in [9.17, 15) is 5.26 Å². The summed E-state index contributed by atoms with van der Waals surface area (Å²) in [5.41, 5.74) is 1.07. The van der Waals surface area contributed by atoms with E-state index < -0.39 is 0 Å². The normalized spacial score (nSPS) is 38.1. The third-order valence-corrected chi connectivity index (χ3v) is 5.97. The SMILES string of the molecule is CCCc1oc(C23CC4CC(CC(C4)C2)C3)cc1C#N. The second kappa shape index (κ2) is 4.38. The van der Waals surface area contributed by atoms with Crippen molar-refractivity contribution < 1.29 is 4.42 Å². The minimum atomic E-state index is 0.284. The molecule has 2 nitrogen and oxygen atoms in total. The Morgan fingerprint density at radius 1 is 1.20 bits per heavy atom. The maximum Gasteiger partial charge on any atom is 0.121 e. The van der Waals surface area contributed by atoms with Gasteiger partial charge in [0.2, 0.25) is 0 Å². The molecule has 0 N–H and O–H groups in total. The average Bonchev–Trinajstić information content (AvgIpc) is 2.81. The van der Waals surface area contributed by atoms with Crippen LogP contribution in [0.1, 0.15) is 69.0 Å². The molecular weight excluding hydrogens is 246 g/mol. The number of nitriles is 1. The fraction of sp³-hybridized carbons (Fsp3) is 0.722. The van der Waals surface area contributed by atoms with Gasteiger partial charge in [-0.3, -0.25) is 0 Å². The summed E-state index contributed by atoms with van der Waals surface area (Å²) in [6.45, 7) is 2.15. The number of nitrogens with zero attached hydrogens (tertiary/aromatic N) is 1. The third-order valence-electron chi connectivity index (χ3n) is 5.97. The molecule has 0 spiro atoms. The van der Waals surface area contributed by atoms with Gasteiger partial charge in [0.15, 0.2) is 0 Å². The van der Waals surface area contributed by atoms with E-state index in [0.29, 0.717) is 0 Å². The zero-order chi connectivity index (χ0) is 13.7. The summed E-state index contributed by atoms with van der Waals surface area (Å²) in [7, 11) is 0. The summed E-state index contributed by atoms with van der Waals surface area (Å²) in [6, 6.07) is 4.42. The summed E-state index contributed by atoms with van der Waals surface area (Å²) in [4.78, 5) is 0. The molecule has 0 amide bonds. The lowest BCUT2D eigenvalue weighted by molar-refractivity contribution is -0.0156. The standard InChI is InChI=1S/C18H23NO/c1-2-3-16-15(11-19)7-17(20-16)18-8-12-4-13(9-18)6-14(5-12)10-18/h7,12-14H,2-6,8-10H2,1H3. The Labute approximate surface area is 121 Å². The maximum absolute atomic E-state index is 9.33. The van der Waals surface area contributed by atoms with Gasteiger partial charge in [0, 0.05) is 11.8 Å². The van der Waals surface area contributed by atoms with Gasteiger partial charge >= 0.3 is 0 Å². The van der Waals surface area contributed by atoms with Crippen LogP contribution in [-0.4, -0.2) is 0 Å². The molecule has 4 bridgehead atoms. The van der Waals surface area contributed by atoms with Crippen molar-refractivity contribution in [2.45, 2.75) is 63.7 Å². The van der Waals surface area contributed by atoms with E-state index in [4.69, 9.17) is 4.42 Å². The number of furan rings is 1. The first-order valence-electron chi connectivity index (χ1n) is 8.25. The van der Waals surface area contributed by atoms with Crippen LogP contribution in [0, 0.1) is 29.1 Å². The highest BCUT2D eigenvalue weighted by Gasteiger charge is 2.53. The highest BCUT2D eigenvalue weighted by atomic mass is 16.3. The molecular formula is C18H23NO. The molecule has 0 saturated heterocycles. The van der Waals surface area contributed by atoms with E-state index in [2.05, 4.69) is 19.1 Å². The van der Waals surface area contributed by atoms with Crippen LogP contribution in [0.3, 0.4) is 0 Å². The Kier molecular flexibility index (Phi) is 2.74. The van der Waals surface area contributed by atoms with Crippen molar-refractivity contribution in [3.8, 4) is 6.07 Å². The van der Waals surface area contributed by atoms with Gasteiger partial charge in [-0.2, -0.15) is 5.26 Å². The second-order valence-corrected chi connectivity index (χ2v) is 7.51. The van der Waals surface area contributed by atoms with Gasteiger partial charge in [0.1, 0.15) is 17.6 Å². The Balaban J connectivity index is 1.72. The first kappa shape index (κ1) is 12.5. The van der Waals surface area contributed by atoms with Crippen LogP contribution in [0.5, 0.6) is 0 Å². The largest absolute Gasteiger partial charge is 0.464 e. The van der Waals surface area contributed by atoms with Crippen LogP contribution in [0.25, 0.3) is 0 Å². The van der Waals surface area contributed by atoms with Crippen molar-refractivity contribution in [2.24, 2.45) is 17.8 Å². The Morgan fingerprint density at radius 3 is 2.30 bits per heavy atom. The highest BCUT2D eigenvalue weighted by Crippen LogP contribution is 2.61. The van der Waals surface area contributed by atoms with Crippen LogP contribution in [0.15, 0.2) is 10.5 Å². The molecule has 4 fully saturated rings. The zero-order valence-corrected chi connectivity index (χ0v) is 12.3. The lowest BCUT2D eigenvalue weighted by Crippen LogP contribution is -2.48. The van der Waals surface area contributed by atoms with E-state index in [0.717, 1.165) is 47.7 Å². The van der Waals surface area contributed by atoms with Gasteiger partial charge in [-0.1, -0.05) is 6.92 Å². The predicted molar refractivity (Wildman–Crippen MR) is 77.3 cm³/mol. The quantitative estimate of drug-likeness (QED) is 0.806. The predicted octanol–water partition coefficient (Wildman–Crippen LogP) is 4.57. The average molecular weight is 269 g/mol.